The first-order chi connectivity index (χ1) is 5.66. The molecule has 12 heavy (non-hydrogen) atoms. The van der Waals surface area contributed by atoms with Gasteiger partial charge < -0.3 is 10.4 Å². The van der Waals surface area contributed by atoms with E-state index < -0.39 is 6.03 Å². The third-order valence-electron chi connectivity index (χ3n) is 0.780. The van der Waals surface area contributed by atoms with Crippen molar-refractivity contribution in [1.82, 2.24) is 10.7 Å². The average molecular weight is 301 g/mol. The van der Waals surface area contributed by atoms with Crippen LogP contribution >= 0.6 is 31.5 Å². The van der Waals surface area contributed by atoms with Crippen LogP contribution in [0.25, 0.3) is 0 Å². The predicted octanol–water partition coefficient (Wildman–Crippen LogP) is -0.399. The fourth-order valence-corrected chi connectivity index (χ4v) is 0.623. The van der Waals surface area contributed by atoms with Gasteiger partial charge in [0.2, 0.25) is 0 Å². The van der Waals surface area contributed by atoms with Crippen LogP contribution in [0.4, 0.5) is 4.79 Å². The zero-order valence-electron chi connectivity index (χ0n) is 6.33. The number of halogens is 1. The molecule has 0 aromatic carbocycles. The number of amides is 2. The monoisotopic (exact) mass is 301 g/mol. The fourth-order valence-electron chi connectivity index (χ4n) is 0.376. The summed E-state index contributed by atoms with van der Waals surface area (Å²) in [6.45, 7) is 0.158. The molecular formula is C4H10BIN3O2P. The quantitative estimate of drug-likeness (QED) is 0.217. The Balaban J connectivity index is 3.43. The summed E-state index contributed by atoms with van der Waals surface area (Å²) >= 11 is 2.12. The maximum absolute atomic E-state index is 10.7. The molecule has 2 amide bonds. The molecule has 0 spiro atoms. The summed E-state index contributed by atoms with van der Waals surface area (Å²) in [6, 6.07) is -0.414. The molecule has 3 N–H and O–H groups in total. The Kier molecular flexibility index (Phi) is 7.84. The maximum Gasteiger partial charge on any atom is 0.335 e. The molecule has 1 atom stereocenters. The second-order valence-electron chi connectivity index (χ2n) is 1.81. The van der Waals surface area contributed by atoms with Gasteiger partial charge in [-0.15, -0.1) is 22.4 Å². The van der Waals surface area contributed by atoms with E-state index in [0.717, 1.165) is 0 Å². The van der Waals surface area contributed by atoms with Crippen molar-refractivity contribution < 1.29 is 9.90 Å². The first-order valence-corrected chi connectivity index (χ1v) is 5.15. The van der Waals surface area contributed by atoms with E-state index in [1.807, 2.05) is 0 Å². The molecule has 0 heterocycles. The summed E-state index contributed by atoms with van der Waals surface area (Å²) < 4.78 is 0.195. The van der Waals surface area contributed by atoms with Gasteiger partial charge in [-0.05, 0) is 0 Å². The molecule has 0 saturated carbocycles. The molecule has 68 valence electrons. The molecule has 0 rings (SSSR count). The third-order valence-corrected chi connectivity index (χ3v) is 1.27. The molecule has 0 fully saturated rings. The summed E-state index contributed by atoms with van der Waals surface area (Å²) in [5, 5.41) is 14.4. The highest BCUT2D eigenvalue weighted by Gasteiger charge is 1.96. The smallest absolute Gasteiger partial charge is 0.335 e. The standard InChI is InChI=1S/C4H10BIN3O2P/c6-5(12)3-8-9-4(11)7-1-2-10/h3,10H,1-2,12H2,(H2,7,9,11). The number of hydrazone groups is 1. The summed E-state index contributed by atoms with van der Waals surface area (Å²) in [4.78, 5) is 10.7. The topological polar surface area (TPSA) is 73.7 Å². The Labute approximate surface area is 86.9 Å². The van der Waals surface area contributed by atoms with E-state index in [9.17, 15) is 4.79 Å². The second-order valence-corrected chi connectivity index (χ2v) is 5.33. The molecule has 0 bridgehead atoms. The lowest BCUT2D eigenvalue weighted by atomic mass is 10.2. The van der Waals surface area contributed by atoms with Crippen LogP contribution in [0.5, 0.6) is 0 Å². The molecular weight excluding hydrogens is 291 g/mol. The molecule has 1 unspecified atom stereocenters. The Morgan fingerprint density at radius 2 is 2.50 bits per heavy atom. The highest BCUT2D eigenvalue weighted by Crippen LogP contribution is 1.98. The van der Waals surface area contributed by atoms with Gasteiger partial charge in [-0.3, -0.25) is 0 Å². The van der Waals surface area contributed by atoms with E-state index in [1.165, 1.54) is 0 Å². The second kappa shape index (κ2) is 7.76. The van der Waals surface area contributed by atoms with Crippen molar-refractivity contribution in [2.75, 3.05) is 13.2 Å². The van der Waals surface area contributed by atoms with Gasteiger partial charge in [0.1, 0.15) is 0 Å². The number of aliphatic hydroxyl groups excluding tert-OH is 1. The van der Waals surface area contributed by atoms with Crippen LogP contribution in [-0.4, -0.2) is 34.7 Å². The largest absolute Gasteiger partial charge is 0.395 e. The van der Waals surface area contributed by atoms with Crippen molar-refractivity contribution in [2.24, 2.45) is 5.10 Å². The third kappa shape index (κ3) is 8.22. The Hall–Kier alpha value is 0.125. The molecule has 0 aliphatic carbocycles. The molecule has 0 aliphatic rings. The van der Waals surface area contributed by atoms with Crippen LogP contribution < -0.4 is 10.7 Å². The van der Waals surface area contributed by atoms with Gasteiger partial charge in [-0.1, -0.05) is 0 Å². The van der Waals surface area contributed by atoms with E-state index in [-0.39, 0.29) is 17.4 Å². The Morgan fingerprint density at radius 3 is 3.00 bits per heavy atom. The molecule has 8 heteroatoms. The fraction of sp³-hybridized carbons (Fsp3) is 0.500. The summed E-state index contributed by atoms with van der Waals surface area (Å²) in [7, 11) is 2.50. The lowest BCUT2D eigenvalue weighted by Gasteiger charge is -2.00. The lowest BCUT2D eigenvalue weighted by Crippen LogP contribution is -2.34. The van der Waals surface area contributed by atoms with E-state index >= 15 is 0 Å². The number of urea groups is 1. The number of carbonyl (C=O) groups excluding carboxylic acids is 1. The summed E-state index contributed by atoms with van der Waals surface area (Å²) in [5.74, 6) is 0. The van der Waals surface area contributed by atoms with Crippen molar-refractivity contribution in [3.8, 4) is 0 Å². The Bertz CT molecular complexity index is 168. The minimum Gasteiger partial charge on any atom is -0.395 e. The van der Waals surface area contributed by atoms with Crippen molar-refractivity contribution in [3.05, 3.63) is 0 Å². The maximum atomic E-state index is 10.7. The van der Waals surface area contributed by atoms with Crippen LogP contribution in [0, 0.1) is 0 Å². The van der Waals surface area contributed by atoms with Crippen molar-refractivity contribution >= 4 is 47.9 Å². The zero-order valence-corrected chi connectivity index (χ0v) is 9.64. The molecule has 0 saturated heterocycles. The van der Waals surface area contributed by atoms with Gasteiger partial charge in [0.05, 0.1) is 6.61 Å². The first kappa shape index (κ1) is 12.1. The number of nitrogens with one attached hydrogen (secondary N) is 2. The number of hydrogen-bond acceptors (Lipinski definition) is 3. The van der Waals surface area contributed by atoms with E-state index in [2.05, 4.69) is 47.3 Å². The number of nitrogens with zero attached hydrogens (tertiary/aromatic N) is 1. The normalized spacial score (nSPS) is 9.92. The SMILES string of the molecule is O=C(NCCO)NN=CB(P)I. The molecule has 0 aliphatic heterocycles. The molecule has 0 aromatic heterocycles. The minimum atomic E-state index is -0.414. The van der Waals surface area contributed by atoms with Gasteiger partial charge >= 0.3 is 6.03 Å². The number of hydrogen-bond donors (Lipinski definition) is 3. The van der Waals surface area contributed by atoms with Crippen LogP contribution in [0.1, 0.15) is 0 Å². The van der Waals surface area contributed by atoms with Crippen LogP contribution in [0.15, 0.2) is 5.10 Å². The van der Waals surface area contributed by atoms with Crippen LogP contribution in [0.3, 0.4) is 0 Å². The van der Waals surface area contributed by atoms with Gasteiger partial charge in [-0.25, -0.2) is 10.2 Å². The van der Waals surface area contributed by atoms with Gasteiger partial charge in [0.15, 0.2) is 0 Å². The van der Waals surface area contributed by atoms with Gasteiger partial charge in [0, 0.05) is 12.7 Å². The number of rotatable bonds is 4. The lowest BCUT2D eigenvalue weighted by molar-refractivity contribution is 0.234. The van der Waals surface area contributed by atoms with E-state index in [1.54, 1.807) is 6.11 Å². The summed E-state index contributed by atoms with van der Waals surface area (Å²) in [5.41, 5.74) is 2.24. The highest BCUT2D eigenvalue weighted by molar-refractivity contribution is 14.1. The molecule has 5 nitrogen and oxygen atoms in total. The van der Waals surface area contributed by atoms with E-state index in [0.29, 0.717) is 0 Å². The minimum absolute atomic E-state index is 0.0737. The molecule has 0 radical (unpaired) electrons. The first-order valence-electron chi connectivity index (χ1n) is 3.24. The van der Waals surface area contributed by atoms with Gasteiger partial charge in [-0.2, -0.15) is 14.2 Å². The van der Waals surface area contributed by atoms with Crippen LogP contribution in [0.2, 0.25) is 0 Å². The molecule has 0 aromatic rings. The van der Waals surface area contributed by atoms with Crippen molar-refractivity contribution in [1.29, 1.82) is 0 Å². The number of carbonyl (C=O) groups is 1. The van der Waals surface area contributed by atoms with Crippen molar-refractivity contribution in [3.63, 3.8) is 0 Å². The summed E-state index contributed by atoms with van der Waals surface area (Å²) in [6.07, 6.45) is 1.57. The van der Waals surface area contributed by atoms with Crippen molar-refractivity contribution in [2.45, 2.75) is 0 Å². The van der Waals surface area contributed by atoms with Crippen LogP contribution in [-0.2, 0) is 0 Å². The van der Waals surface area contributed by atoms with E-state index in [4.69, 9.17) is 5.11 Å². The Morgan fingerprint density at radius 1 is 1.83 bits per heavy atom. The zero-order chi connectivity index (χ0) is 9.40. The van der Waals surface area contributed by atoms with Gasteiger partial charge in [0.25, 0.3) is 4.29 Å². The average Bonchev–Trinajstić information content (AvgIpc) is 2.00. The predicted molar refractivity (Wildman–Crippen MR) is 61.6 cm³/mol. The highest BCUT2D eigenvalue weighted by atomic mass is 127. The number of aliphatic hydroxyl groups is 1.